The maximum atomic E-state index is 12.1. The maximum absolute atomic E-state index is 12.1. The van der Waals surface area contributed by atoms with E-state index in [-0.39, 0.29) is 25.0 Å². The molecule has 3 rings (SSSR count). The fourth-order valence-corrected chi connectivity index (χ4v) is 2.92. The number of benzene rings is 3. The summed E-state index contributed by atoms with van der Waals surface area (Å²) in [5, 5.41) is 4.89. The molecule has 0 aliphatic rings. The molecule has 0 aliphatic carbocycles. The highest BCUT2D eigenvalue weighted by molar-refractivity contribution is 9.10. The number of halogens is 1. The van der Waals surface area contributed by atoms with E-state index in [0.717, 1.165) is 15.2 Å². The molecule has 0 aliphatic heterocycles. The number of likely N-dealkylation sites (N-methyl/N-ethyl adjacent to an activating group) is 1. The molecular weight excluding hydrogens is 436 g/mol. The quantitative estimate of drug-likeness (QED) is 0.581. The fourth-order valence-electron chi connectivity index (χ4n) is 2.54. The summed E-state index contributed by atoms with van der Waals surface area (Å²) in [4.78, 5) is 25.1. The van der Waals surface area contributed by atoms with E-state index in [1.54, 1.807) is 38.4 Å². The van der Waals surface area contributed by atoms with Crippen molar-refractivity contribution >= 4 is 44.2 Å². The lowest BCUT2D eigenvalue weighted by Gasteiger charge is -2.12. The number of hydrogen-bond donors (Lipinski definition) is 1. The summed E-state index contributed by atoms with van der Waals surface area (Å²) >= 11 is 3.45. The summed E-state index contributed by atoms with van der Waals surface area (Å²) in [5.74, 6) is 0.791. The highest BCUT2D eigenvalue weighted by Crippen LogP contribution is 2.24. The van der Waals surface area contributed by atoms with Crippen LogP contribution in [0.25, 0.3) is 10.8 Å². The minimum Gasteiger partial charge on any atom is -0.484 e. The first-order valence-corrected chi connectivity index (χ1v) is 9.75. The Labute approximate surface area is 177 Å². The van der Waals surface area contributed by atoms with Crippen molar-refractivity contribution in [1.82, 2.24) is 4.90 Å². The first-order chi connectivity index (χ1) is 13.9. The van der Waals surface area contributed by atoms with E-state index in [1.807, 2.05) is 36.4 Å². The highest BCUT2D eigenvalue weighted by atomic mass is 79.9. The van der Waals surface area contributed by atoms with Crippen molar-refractivity contribution < 1.29 is 19.1 Å². The van der Waals surface area contributed by atoms with Crippen LogP contribution in [0.5, 0.6) is 11.5 Å². The number of nitrogens with one attached hydrogen (secondary N) is 1. The Bertz CT molecular complexity index is 1020. The van der Waals surface area contributed by atoms with Gasteiger partial charge in [-0.1, -0.05) is 28.1 Å². The molecule has 0 saturated carbocycles. The summed E-state index contributed by atoms with van der Waals surface area (Å²) in [6.45, 7) is -0.132. The number of fused-ring (bicyclic) bond motifs is 1. The van der Waals surface area contributed by atoms with E-state index in [4.69, 9.17) is 9.47 Å². The lowest BCUT2D eigenvalue weighted by atomic mass is 10.1. The van der Waals surface area contributed by atoms with Crippen molar-refractivity contribution in [3.8, 4) is 11.5 Å². The molecule has 0 saturated heterocycles. The molecule has 2 amide bonds. The van der Waals surface area contributed by atoms with Crippen molar-refractivity contribution in [2.45, 2.75) is 0 Å². The molecule has 7 heteroatoms. The topological polar surface area (TPSA) is 67.9 Å². The molecule has 29 heavy (non-hydrogen) atoms. The first kappa shape index (κ1) is 20.7. The number of anilines is 1. The van der Waals surface area contributed by atoms with Crippen molar-refractivity contribution in [3.63, 3.8) is 0 Å². The van der Waals surface area contributed by atoms with Crippen molar-refractivity contribution in [2.75, 3.05) is 32.6 Å². The Hall–Kier alpha value is -3.06. The predicted octanol–water partition coefficient (Wildman–Crippen LogP) is 4.09. The summed E-state index contributed by atoms with van der Waals surface area (Å²) in [6, 6.07) is 18.5. The molecule has 0 unspecified atom stereocenters. The summed E-state index contributed by atoms with van der Waals surface area (Å²) in [6.07, 6.45) is 0. The molecular formula is C22H21BrN2O4. The summed E-state index contributed by atoms with van der Waals surface area (Å²) in [7, 11) is 3.34. The SMILES string of the molecule is CN(C)C(=O)COc1ccc(NC(=O)COc2ccc3cc(Br)ccc3c2)cc1. The zero-order valence-electron chi connectivity index (χ0n) is 16.1. The van der Waals surface area contributed by atoms with E-state index in [0.29, 0.717) is 17.2 Å². The van der Waals surface area contributed by atoms with Crippen molar-refractivity contribution in [3.05, 3.63) is 65.1 Å². The smallest absolute Gasteiger partial charge is 0.262 e. The van der Waals surface area contributed by atoms with Crippen molar-refractivity contribution in [2.24, 2.45) is 0 Å². The van der Waals surface area contributed by atoms with Crippen LogP contribution in [0.1, 0.15) is 0 Å². The molecule has 0 heterocycles. The van der Waals surface area contributed by atoms with Gasteiger partial charge in [-0.2, -0.15) is 0 Å². The number of amides is 2. The van der Waals surface area contributed by atoms with Gasteiger partial charge in [0.2, 0.25) is 0 Å². The van der Waals surface area contributed by atoms with Crippen LogP contribution in [0.2, 0.25) is 0 Å². The number of ether oxygens (including phenoxy) is 2. The molecule has 3 aromatic carbocycles. The Morgan fingerprint density at radius 2 is 1.48 bits per heavy atom. The second kappa shape index (κ2) is 9.43. The molecule has 6 nitrogen and oxygen atoms in total. The van der Waals surface area contributed by atoms with Crippen LogP contribution < -0.4 is 14.8 Å². The Morgan fingerprint density at radius 3 is 2.21 bits per heavy atom. The minimum absolute atomic E-state index is 0.0325. The molecule has 1 N–H and O–H groups in total. The molecule has 0 radical (unpaired) electrons. The third kappa shape index (κ3) is 5.96. The summed E-state index contributed by atoms with van der Waals surface area (Å²) < 4.78 is 12.0. The molecule has 0 fully saturated rings. The molecule has 0 bridgehead atoms. The van der Waals surface area contributed by atoms with E-state index in [1.165, 1.54) is 4.90 Å². The van der Waals surface area contributed by atoms with Gasteiger partial charge in [0.25, 0.3) is 11.8 Å². The van der Waals surface area contributed by atoms with Crippen LogP contribution in [0.3, 0.4) is 0 Å². The first-order valence-electron chi connectivity index (χ1n) is 8.96. The summed E-state index contributed by atoms with van der Waals surface area (Å²) in [5.41, 5.74) is 0.619. The number of carbonyl (C=O) groups is 2. The Kier molecular flexibility index (Phi) is 6.72. The van der Waals surface area contributed by atoms with Gasteiger partial charge in [0.15, 0.2) is 13.2 Å². The van der Waals surface area contributed by atoms with E-state index in [2.05, 4.69) is 21.2 Å². The number of nitrogens with zero attached hydrogens (tertiary/aromatic N) is 1. The zero-order chi connectivity index (χ0) is 20.8. The maximum Gasteiger partial charge on any atom is 0.262 e. The van der Waals surface area contributed by atoms with Gasteiger partial charge in [-0.15, -0.1) is 0 Å². The molecule has 0 spiro atoms. The van der Waals surface area contributed by atoms with Gasteiger partial charge in [0.05, 0.1) is 0 Å². The van der Waals surface area contributed by atoms with E-state index in [9.17, 15) is 9.59 Å². The Morgan fingerprint density at radius 1 is 0.862 bits per heavy atom. The van der Waals surface area contributed by atoms with E-state index < -0.39 is 0 Å². The second-order valence-electron chi connectivity index (χ2n) is 6.59. The lowest BCUT2D eigenvalue weighted by molar-refractivity contribution is -0.130. The van der Waals surface area contributed by atoms with Crippen LogP contribution in [0, 0.1) is 0 Å². The van der Waals surface area contributed by atoms with Crippen LogP contribution in [0.4, 0.5) is 5.69 Å². The molecule has 3 aromatic rings. The normalized spacial score (nSPS) is 10.4. The van der Waals surface area contributed by atoms with Crippen LogP contribution in [0.15, 0.2) is 65.1 Å². The largest absolute Gasteiger partial charge is 0.484 e. The van der Waals surface area contributed by atoms with Gasteiger partial charge in [-0.05, 0) is 59.3 Å². The highest BCUT2D eigenvalue weighted by Gasteiger charge is 2.07. The fraction of sp³-hybridized carbons (Fsp3) is 0.182. The van der Waals surface area contributed by atoms with Crippen molar-refractivity contribution in [1.29, 1.82) is 0 Å². The average Bonchev–Trinajstić information content (AvgIpc) is 2.71. The van der Waals surface area contributed by atoms with Gasteiger partial charge >= 0.3 is 0 Å². The number of carbonyl (C=O) groups excluding carboxylic acids is 2. The predicted molar refractivity (Wildman–Crippen MR) is 116 cm³/mol. The minimum atomic E-state index is -0.266. The van der Waals surface area contributed by atoms with E-state index >= 15 is 0 Å². The second-order valence-corrected chi connectivity index (χ2v) is 7.51. The van der Waals surface area contributed by atoms with Crippen LogP contribution >= 0.6 is 15.9 Å². The third-order valence-corrected chi connectivity index (χ3v) is 4.64. The number of hydrogen-bond acceptors (Lipinski definition) is 4. The van der Waals surface area contributed by atoms with Gasteiger partial charge in [0, 0.05) is 24.3 Å². The van der Waals surface area contributed by atoms with Crippen LogP contribution in [-0.4, -0.2) is 44.0 Å². The van der Waals surface area contributed by atoms with Gasteiger partial charge in [0.1, 0.15) is 11.5 Å². The van der Waals surface area contributed by atoms with Gasteiger partial charge in [-0.3, -0.25) is 9.59 Å². The molecule has 0 atom stereocenters. The zero-order valence-corrected chi connectivity index (χ0v) is 17.7. The standard InChI is InChI=1S/C22H21BrN2O4/c1-25(2)22(27)14-29-19-9-6-18(7-10-19)24-21(26)13-28-20-8-4-15-11-17(23)5-3-16(15)12-20/h3-12H,13-14H2,1-2H3,(H,24,26). The molecule has 0 aromatic heterocycles. The monoisotopic (exact) mass is 456 g/mol. The van der Waals surface area contributed by atoms with Gasteiger partial charge in [-0.25, -0.2) is 0 Å². The lowest BCUT2D eigenvalue weighted by Crippen LogP contribution is -2.27. The number of rotatable bonds is 7. The van der Waals surface area contributed by atoms with Crippen LogP contribution in [-0.2, 0) is 9.59 Å². The third-order valence-electron chi connectivity index (χ3n) is 4.14. The van der Waals surface area contributed by atoms with Gasteiger partial charge < -0.3 is 19.7 Å². The Balaban J connectivity index is 1.50. The average molecular weight is 457 g/mol. The molecule has 150 valence electrons.